The van der Waals surface area contributed by atoms with Gasteiger partial charge in [0.2, 0.25) is 5.91 Å². The van der Waals surface area contributed by atoms with E-state index in [0.29, 0.717) is 12.1 Å². The molecule has 1 aliphatic rings. The highest BCUT2D eigenvalue weighted by molar-refractivity contribution is 5.78. The van der Waals surface area contributed by atoms with Gasteiger partial charge in [0.1, 0.15) is 12.0 Å². The number of nitrogens with one attached hydrogen (secondary N) is 1. The van der Waals surface area contributed by atoms with E-state index in [2.05, 4.69) is 15.2 Å². The van der Waals surface area contributed by atoms with E-state index in [-0.39, 0.29) is 23.6 Å². The van der Waals surface area contributed by atoms with Crippen LogP contribution in [0.15, 0.2) is 12.3 Å². The highest BCUT2D eigenvalue weighted by atomic mass is 16.6. The molecule has 7 heteroatoms. The van der Waals surface area contributed by atoms with Gasteiger partial charge in [0.25, 0.3) is 5.69 Å². The van der Waals surface area contributed by atoms with Crippen LogP contribution in [0.25, 0.3) is 0 Å². The minimum atomic E-state index is -0.423. The first-order valence-electron chi connectivity index (χ1n) is 7.55. The predicted octanol–water partition coefficient (Wildman–Crippen LogP) is 2.04. The molecule has 1 fully saturated rings. The Morgan fingerprint density at radius 1 is 1.55 bits per heavy atom. The number of hydrogen-bond donors (Lipinski definition) is 1. The van der Waals surface area contributed by atoms with E-state index in [0.717, 1.165) is 25.2 Å². The summed E-state index contributed by atoms with van der Waals surface area (Å²) >= 11 is 0. The molecule has 0 saturated carbocycles. The number of hydrogen-bond acceptors (Lipinski definition) is 5. The van der Waals surface area contributed by atoms with Crippen LogP contribution >= 0.6 is 0 Å². The molecule has 1 N–H and O–H groups in total. The van der Waals surface area contributed by atoms with Crippen molar-refractivity contribution in [1.82, 2.24) is 10.3 Å². The van der Waals surface area contributed by atoms with Crippen molar-refractivity contribution in [1.29, 1.82) is 0 Å². The van der Waals surface area contributed by atoms with Crippen molar-refractivity contribution in [3.05, 3.63) is 27.9 Å². The summed E-state index contributed by atoms with van der Waals surface area (Å²) in [6.45, 7) is 6.99. The van der Waals surface area contributed by atoms with Crippen LogP contribution in [0.1, 0.15) is 32.3 Å². The van der Waals surface area contributed by atoms with Gasteiger partial charge in [-0.3, -0.25) is 14.9 Å². The van der Waals surface area contributed by atoms with Crippen molar-refractivity contribution < 1.29 is 9.72 Å². The Labute approximate surface area is 129 Å². The Kier molecular flexibility index (Phi) is 4.95. The average molecular weight is 306 g/mol. The lowest BCUT2D eigenvalue weighted by atomic mass is 10.0. The van der Waals surface area contributed by atoms with Gasteiger partial charge in [-0.05, 0) is 25.8 Å². The topological polar surface area (TPSA) is 88.4 Å². The van der Waals surface area contributed by atoms with Crippen LogP contribution in [0.3, 0.4) is 0 Å². The second-order valence-corrected chi connectivity index (χ2v) is 6.03. The molecular formula is C15H22N4O3. The maximum atomic E-state index is 11.8. The number of piperidine rings is 1. The fourth-order valence-corrected chi connectivity index (χ4v) is 2.57. The minimum Gasteiger partial charge on any atom is -0.355 e. The van der Waals surface area contributed by atoms with Crippen molar-refractivity contribution in [2.45, 2.75) is 39.7 Å². The average Bonchev–Trinajstić information content (AvgIpc) is 2.46. The minimum absolute atomic E-state index is 0.0323. The monoisotopic (exact) mass is 306 g/mol. The number of nitro groups is 1. The summed E-state index contributed by atoms with van der Waals surface area (Å²) in [7, 11) is 0. The van der Waals surface area contributed by atoms with Crippen molar-refractivity contribution in [3.8, 4) is 0 Å². The van der Waals surface area contributed by atoms with Gasteiger partial charge in [-0.2, -0.15) is 0 Å². The number of pyridine rings is 1. The molecule has 1 aromatic heterocycles. The zero-order chi connectivity index (χ0) is 16.3. The Morgan fingerprint density at radius 3 is 2.86 bits per heavy atom. The molecule has 0 spiro atoms. The van der Waals surface area contributed by atoms with Crippen molar-refractivity contribution in [3.63, 3.8) is 0 Å². The van der Waals surface area contributed by atoms with E-state index in [4.69, 9.17) is 0 Å². The number of carbonyl (C=O) groups is 1. The van der Waals surface area contributed by atoms with Gasteiger partial charge >= 0.3 is 0 Å². The Bertz CT molecular complexity index is 574. The third kappa shape index (κ3) is 3.72. The van der Waals surface area contributed by atoms with E-state index >= 15 is 0 Å². The van der Waals surface area contributed by atoms with Gasteiger partial charge < -0.3 is 10.2 Å². The van der Waals surface area contributed by atoms with Crippen LogP contribution in [0, 0.1) is 23.0 Å². The van der Waals surface area contributed by atoms with Gasteiger partial charge in [0.15, 0.2) is 0 Å². The number of rotatable bonds is 4. The largest absolute Gasteiger partial charge is 0.355 e. The Hall–Kier alpha value is -2.18. The van der Waals surface area contributed by atoms with Crippen LogP contribution < -0.4 is 10.2 Å². The lowest BCUT2D eigenvalue weighted by Gasteiger charge is -2.34. The number of nitrogens with zero attached hydrogens (tertiary/aromatic N) is 3. The molecular weight excluding hydrogens is 284 g/mol. The normalized spacial score (nSPS) is 18.4. The zero-order valence-electron chi connectivity index (χ0n) is 13.2. The molecule has 22 heavy (non-hydrogen) atoms. The molecule has 0 bridgehead atoms. The molecule has 1 amide bonds. The molecule has 0 aromatic carbocycles. The van der Waals surface area contributed by atoms with Gasteiger partial charge in [-0.15, -0.1) is 0 Å². The van der Waals surface area contributed by atoms with Crippen LogP contribution in [-0.2, 0) is 4.79 Å². The molecule has 2 heterocycles. The van der Waals surface area contributed by atoms with Crippen LogP contribution in [0.5, 0.6) is 0 Å². The second kappa shape index (κ2) is 6.72. The first-order chi connectivity index (χ1) is 10.4. The van der Waals surface area contributed by atoms with Crippen LogP contribution in [0.4, 0.5) is 11.5 Å². The molecule has 0 radical (unpaired) electrons. The van der Waals surface area contributed by atoms with Crippen molar-refractivity contribution in [2.75, 3.05) is 18.0 Å². The fraction of sp³-hybridized carbons (Fsp3) is 0.600. The Balaban J connectivity index is 2.07. The standard InChI is InChI=1S/C15H22N4O3/c1-10(2)15(20)17-12-5-4-6-18(9-12)14-7-11(3)13(8-16-14)19(21)22/h7-8,10,12H,4-6,9H2,1-3H3,(H,17,20). The van der Waals surface area contributed by atoms with Crippen LogP contribution in [0.2, 0.25) is 0 Å². The lowest BCUT2D eigenvalue weighted by molar-refractivity contribution is -0.385. The van der Waals surface area contributed by atoms with Crippen molar-refractivity contribution in [2.24, 2.45) is 5.92 Å². The van der Waals surface area contributed by atoms with E-state index in [9.17, 15) is 14.9 Å². The second-order valence-electron chi connectivity index (χ2n) is 6.03. The SMILES string of the molecule is Cc1cc(N2CCCC(NC(=O)C(C)C)C2)ncc1[N+](=O)[O-]. The molecule has 2 rings (SSSR count). The summed E-state index contributed by atoms with van der Waals surface area (Å²) in [6, 6.07) is 1.84. The predicted molar refractivity (Wildman–Crippen MR) is 83.8 cm³/mol. The summed E-state index contributed by atoms with van der Waals surface area (Å²) < 4.78 is 0. The summed E-state index contributed by atoms with van der Waals surface area (Å²) in [5.74, 6) is 0.751. The van der Waals surface area contributed by atoms with E-state index in [1.54, 1.807) is 13.0 Å². The number of aryl methyl sites for hydroxylation is 1. The van der Waals surface area contributed by atoms with Gasteiger partial charge in [-0.25, -0.2) is 4.98 Å². The first-order valence-corrected chi connectivity index (χ1v) is 7.55. The number of amides is 1. The quantitative estimate of drug-likeness (QED) is 0.679. The summed E-state index contributed by atoms with van der Waals surface area (Å²) in [5.41, 5.74) is 0.633. The smallest absolute Gasteiger partial charge is 0.290 e. The maximum Gasteiger partial charge on any atom is 0.290 e. The number of aromatic nitrogens is 1. The van der Waals surface area contributed by atoms with Gasteiger partial charge in [0, 0.05) is 30.6 Å². The third-order valence-corrected chi connectivity index (χ3v) is 3.88. The molecule has 1 aliphatic heterocycles. The highest BCUT2D eigenvalue weighted by Gasteiger charge is 2.24. The number of carbonyl (C=O) groups excluding carboxylic acids is 1. The van der Waals surface area contributed by atoms with E-state index in [1.165, 1.54) is 6.20 Å². The van der Waals surface area contributed by atoms with Gasteiger partial charge in [-0.1, -0.05) is 13.8 Å². The van der Waals surface area contributed by atoms with Gasteiger partial charge in [0.05, 0.1) is 4.92 Å². The molecule has 1 saturated heterocycles. The summed E-state index contributed by atoms with van der Waals surface area (Å²) in [4.78, 5) is 28.5. The summed E-state index contributed by atoms with van der Waals surface area (Å²) in [5, 5.41) is 13.9. The fourth-order valence-electron chi connectivity index (χ4n) is 2.57. The molecule has 7 nitrogen and oxygen atoms in total. The van der Waals surface area contributed by atoms with Crippen LogP contribution in [-0.4, -0.2) is 34.9 Å². The van der Waals surface area contributed by atoms with E-state index < -0.39 is 4.92 Å². The lowest BCUT2D eigenvalue weighted by Crippen LogP contribution is -2.49. The highest BCUT2D eigenvalue weighted by Crippen LogP contribution is 2.23. The molecule has 1 atom stereocenters. The third-order valence-electron chi connectivity index (χ3n) is 3.88. The molecule has 120 valence electrons. The van der Waals surface area contributed by atoms with E-state index in [1.807, 2.05) is 13.8 Å². The maximum absolute atomic E-state index is 11.8. The molecule has 0 aliphatic carbocycles. The molecule has 1 aromatic rings. The van der Waals surface area contributed by atoms with Crippen molar-refractivity contribution >= 4 is 17.4 Å². The zero-order valence-corrected chi connectivity index (χ0v) is 13.2. The molecule has 1 unspecified atom stereocenters. The summed E-state index contributed by atoms with van der Waals surface area (Å²) in [6.07, 6.45) is 3.21. The number of anilines is 1. The Morgan fingerprint density at radius 2 is 2.27 bits per heavy atom. The first kappa shape index (κ1) is 16.2.